The van der Waals surface area contributed by atoms with E-state index in [4.69, 9.17) is 10.00 Å². The van der Waals surface area contributed by atoms with Crippen molar-refractivity contribution < 1.29 is 9.53 Å². The lowest BCUT2D eigenvalue weighted by molar-refractivity contribution is -0.149. The van der Waals surface area contributed by atoms with Crippen molar-refractivity contribution >= 4 is 12.2 Å². The van der Waals surface area contributed by atoms with Gasteiger partial charge in [-0.25, -0.2) is 4.79 Å². The molecule has 19 heavy (non-hydrogen) atoms. The van der Waals surface area contributed by atoms with E-state index in [0.717, 1.165) is 5.56 Å². The van der Waals surface area contributed by atoms with Gasteiger partial charge >= 0.3 is 5.97 Å². The van der Waals surface area contributed by atoms with E-state index in [-0.39, 0.29) is 18.5 Å². The average molecular weight is 258 g/mol. The van der Waals surface area contributed by atoms with Gasteiger partial charge in [0.05, 0.1) is 12.2 Å². The molecule has 0 fully saturated rings. The fourth-order valence-electron chi connectivity index (χ4n) is 1.48. The van der Waals surface area contributed by atoms with Crippen LogP contribution in [0, 0.1) is 11.3 Å². The Bertz CT molecular complexity index is 461. The molecule has 4 nitrogen and oxygen atoms in total. The Hall–Kier alpha value is -2.15. The van der Waals surface area contributed by atoms with Gasteiger partial charge in [0, 0.05) is 12.6 Å². The number of carbonyl (C=O) groups is 1. The largest absolute Gasteiger partial charge is 0.461 e. The number of aliphatic imine (C=N–C) groups is 1. The van der Waals surface area contributed by atoms with Crippen LogP contribution in [-0.4, -0.2) is 24.3 Å². The summed E-state index contributed by atoms with van der Waals surface area (Å²) < 4.78 is 5.14. The monoisotopic (exact) mass is 258 g/mol. The first-order valence-electron chi connectivity index (χ1n) is 6.29. The standard InChI is InChI=1S/C15H18N2O2/c1-12(2)19-15(18)14(9-6-10-16)17-11-13-7-4-3-5-8-13/h3-5,7-8,11-12,14H,6,9H2,1-2H3. The number of hydrogen-bond acceptors (Lipinski definition) is 4. The summed E-state index contributed by atoms with van der Waals surface area (Å²) in [4.78, 5) is 16.1. The van der Waals surface area contributed by atoms with E-state index < -0.39 is 6.04 Å². The molecule has 0 aliphatic heterocycles. The third-order valence-corrected chi connectivity index (χ3v) is 2.36. The third-order valence-electron chi connectivity index (χ3n) is 2.36. The highest BCUT2D eigenvalue weighted by molar-refractivity contribution is 5.84. The van der Waals surface area contributed by atoms with Crippen LogP contribution in [0.5, 0.6) is 0 Å². The zero-order valence-electron chi connectivity index (χ0n) is 11.2. The van der Waals surface area contributed by atoms with Crippen molar-refractivity contribution in [3.63, 3.8) is 0 Å². The summed E-state index contributed by atoms with van der Waals surface area (Å²) in [6.07, 6.45) is 2.13. The van der Waals surface area contributed by atoms with Gasteiger partial charge in [-0.2, -0.15) is 5.26 Å². The van der Waals surface area contributed by atoms with E-state index in [0.29, 0.717) is 6.42 Å². The van der Waals surface area contributed by atoms with Crippen LogP contribution < -0.4 is 0 Å². The smallest absolute Gasteiger partial charge is 0.331 e. The molecule has 0 aliphatic rings. The maximum Gasteiger partial charge on any atom is 0.331 e. The Labute approximate surface area is 113 Å². The molecule has 0 spiro atoms. The highest BCUT2D eigenvalue weighted by atomic mass is 16.5. The lowest BCUT2D eigenvalue weighted by Gasteiger charge is -2.13. The zero-order valence-corrected chi connectivity index (χ0v) is 11.2. The van der Waals surface area contributed by atoms with Gasteiger partial charge in [-0.1, -0.05) is 30.3 Å². The molecule has 0 heterocycles. The normalized spacial score (nSPS) is 12.3. The topological polar surface area (TPSA) is 62.5 Å². The minimum absolute atomic E-state index is 0.177. The number of rotatable bonds is 6. The van der Waals surface area contributed by atoms with Gasteiger partial charge in [0.1, 0.15) is 6.04 Å². The summed E-state index contributed by atoms with van der Waals surface area (Å²) in [7, 11) is 0. The van der Waals surface area contributed by atoms with Gasteiger partial charge < -0.3 is 4.74 Å². The maximum atomic E-state index is 11.8. The molecule has 4 heteroatoms. The minimum atomic E-state index is -0.609. The Morgan fingerprint density at radius 3 is 2.68 bits per heavy atom. The first-order chi connectivity index (χ1) is 9.13. The summed E-state index contributed by atoms with van der Waals surface area (Å²) >= 11 is 0. The molecule has 100 valence electrons. The first kappa shape index (κ1) is 14.9. The molecule has 1 aromatic carbocycles. The molecule has 1 unspecified atom stereocenters. The van der Waals surface area contributed by atoms with Gasteiger partial charge in [0.25, 0.3) is 0 Å². The van der Waals surface area contributed by atoms with Crippen LogP contribution in [0.1, 0.15) is 32.3 Å². The van der Waals surface area contributed by atoms with E-state index in [1.807, 2.05) is 36.4 Å². The highest BCUT2D eigenvalue weighted by Gasteiger charge is 2.19. The van der Waals surface area contributed by atoms with Crippen LogP contribution in [0.15, 0.2) is 35.3 Å². The Kier molecular flexibility index (Phi) is 6.31. The number of benzene rings is 1. The van der Waals surface area contributed by atoms with Crippen LogP contribution in [0.2, 0.25) is 0 Å². The molecule has 0 bridgehead atoms. The van der Waals surface area contributed by atoms with Crippen LogP contribution in [-0.2, 0) is 9.53 Å². The third kappa shape index (κ3) is 5.82. The molecular weight excluding hydrogens is 240 g/mol. The van der Waals surface area contributed by atoms with Crippen molar-refractivity contribution in [1.29, 1.82) is 5.26 Å². The molecular formula is C15H18N2O2. The van der Waals surface area contributed by atoms with E-state index in [9.17, 15) is 4.79 Å². The molecule has 0 radical (unpaired) electrons. The molecule has 0 aliphatic carbocycles. The predicted molar refractivity (Wildman–Crippen MR) is 73.9 cm³/mol. The average Bonchev–Trinajstić information content (AvgIpc) is 2.39. The molecule has 1 rings (SSSR count). The van der Waals surface area contributed by atoms with E-state index >= 15 is 0 Å². The fourth-order valence-corrected chi connectivity index (χ4v) is 1.48. The molecule has 1 aromatic rings. The molecule has 0 saturated heterocycles. The van der Waals surface area contributed by atoms with E-state index in [2.05, 4.69) is 4.99 Å². The summed E-state index contributed by atoms with van der Waals surface area (Å²) in [6.45, 7) is 3.58. The highest BCUT2D eigenvalue weighted by Crippen LogP contribution is 2.07. The first-order valence-corrected chi connectivity index (χ1v) is 6.29. The van der Waals surface area contributed by atoms with Crippen molar-refractivity contribution in [1.82, 2.24) is 0 Å². The van der Waals surface area contributed by atoms with Gasteiger partial charge in [0.2, 0.25) is 0 Å². The lowest BCUT2D eigenvalue weighted by Crippen LogP contribution is -2.24. The van der Waals surface area contributed by atoms with Gasteiger partial charge in [-0.3, -0.25) is 4.99 Å². The summed E-state index contributed by atoms with van der Waals surface area (Å²) in [5.41, 5.74) is 0.918. The second-order valence-electron chi connectivity index (χ2n) is 4.39. The SMILES string of the molecule is CC(C)OC(=O)C(CCC#N)N=Cc1ccccc1. The van der Waals surface area contributed by atoms with Crippen molar-refractivity contribution in [3.05, 3.63) is 35.9 Å². The van der Waals surface area contributed by atoms with Gasteiger partial charge in [0.15, 0.2) is 0 Å². The molecule has 0 amide bonds. The quantitative estimate of drug-likeness (QED) is 0.582. The van der Waals surface area contributed by atoms with Crippen LogP contribution >= 0.6 is 0 Å². The number of carbonyl (C=O) groups excluding carboxylic acids is 1. The van der Waals surface area contributed by atoms with Crippen molar-refractivity contribution in [3.8, 4) is 6.07 Å². The molecule has 0 aromatic heterocycles. The van der Waals surface area contributed by atoms with Crippen molar-refractivity contribution in [2.24, 2.45) is 4.99 Å². The summed E-state index contributed by atoms with van der Waals surface area (Å²) in [5, 5.41) is 8.61. The summed E-state index contributed by atoms with van der Waals surface area (Å²) in [5.74, 6) is -0.377. The second-order valence-corrected chi connectivity index (χ2v) is 4.39. The summed E-state index contributed by atoms with van der Waals surface area (Å²) in [6, 6.07) is 10.9. The molecule has 0 N–H and O–H groups in total. The number of ether oxygens (including phenoxy) is 1. The van der Waals surface area contributed by atoms with Gasteiger partial charge in [-0.15, -0.1) is 0 Å². The lowest BCUT2D eigenvalue weighted by atomic mass is 10.1. The predicted octanol–water partition coefficient (Wildman–Crippen LogP) is 2.73. The maximum absolute atomic E-state index is 11.8. The number of nitriles is 1. The van der Waals surface area contributed by atoms with Crippen molar-refractivity contribution in [2.75, 3.05) is 0 Å². The van der Waals surface area contributed by atoms with Crippen LogP contribution in [0.3, 0.4) is 0 Å². The number of hydrogen-bond donors (Lipinski definition) is 0. The van der Waals surface area contributed by atoms with Crippen LogP contribution in [0.25, 0.3) is 0 Å². The van der Waals surface area contributed by atoms with Crippen molar-refractivity contribution in [2.45, 2.75) is 38.8 Å². The van der Waals surface area contributed by atoms with E-state index in [1.165, 1.54) is 0 Å². The zero-order chi connectivity index (χ0) is 14.1. The second kappa shape index (κ2) is 8.04. The van der Waals surface area contributed by atoms with E-state index in [1.54, 1.807) is 20.1 Å². The Morgan fingerprint density at radius 2 is 2.11 bits per heavy atom. The fraction of sp³-hybridized carbons (Fsp3) is 0.400. The van der Waals surface area contributed by atoms with Crippen LogP contribution in [0.4, 0.5) is 0 Å². The number of esters is 1. The van der Waals surface area contributed by atoms with Gasteiger partial charge in [-0.05, 0) is 25.8 Å². The molecule has 0 saturated carbocycles. The Balaban J connectivity index is 2.71. The molecule has 1 atom stereocenters. The number of nitrogens with zero attached hydrogens (tertiary/aromatic N) is 2. The Morgan fingerprint density at radius 1 is 1.42 bits per heavy atom. The minimum Gasteiger partial charge on any atom is -0.461 e.